The van der Waals surface area contributed by atoms with E-state index in [1.807, 2.05) is 42.3 Å². The van der Waals surface area contributed by atoms with Crippen LogP contribution in [0.3, 0.4) is 0 Å². The van der Waals surface area contributed by atoms with Gasteiger partial charge in [0, 0.05) is 34.7 Å². The first-order valence-electron chi connectivity index (χ1n) is 9.54. The molecule has 0 bridgehead atoms. The van der Waals surface area contributed by atoms with Gasteiger partial charge in [-0.1, -0.05) is 13.0 Å². The van der Waals surface area contributed by atoms with Gasteiger partial charge in [-0.15, -0.1) is 11.3 Å². The summed E-state index contributed by atoms with van der Waals surface area (Å²) in [5, 5.41) is 4.78. The van der Waals surface area contributed by atoms with E-state index in [1.165, 1.54) is 17.4 Å². The molecule has 1 aliphatic rings. The number of halogens is 2. The molecule has 2 heterocycles. The molecule has 0 fully saturated rings. The normalized spacial score (nSPS) is 15.2. The van der Waals surface area contributed by atoms with Crippen LogP contribution >= 0.6 is 11.3 Å². The largest absolute Gasteiger partial charge is 0.309 e. The third-order valence-electron chi connectivity index (χ3n) is 5.07. The number of hydrogen-bond donors (Lipinski definition) is 1. The third-order valence-corrected chi connectivity index (χ3v) is 5.83. The molecule has 1 N–H and O–H groups in total. The maximum absolute atomic E-state index is 13.3. The van der Waals surface area contributed by atoms with Crippen LogP contribution in [0.15, 0.2) is 41.8 Å². The summed E-state index contributed by atoms with van der Waals surface area (Å²) >= 11 is 1.24. The molecule has 0 unspecified atom stereocenters. The maximum atomic E-state index is 13.3. The number of fused-ring (bicyclic) bond motifs is 1. The van der Waals surface area contributed by atoms with Crippen molar-refractivity contribution in [3.63, 3.8) is 0 Å². The molecular weight excluding hydrogens is 408 g/mol. The molecule has 154 valence electrons. The lowest BCUT2D eigenvalue weighted by molar-refractivity contribution is -0.118. The van der Waals surface area contributed by atoms with Crippen molar-refractivity contribution in [1.82, 2.24) is 4.98 Å². The molecule has 2 aromatic carbocycles. The van der Waals surface area contributed by atoms with Crippen LogP contribution in [0.4, 0.5) is 19.6 Å². The molecule has 1 aromatic heterocycles. The number of carbonyl (C=O) groups is 2. The van der Waals surface area contributed by atoms with Crippen LogP contribution in [0.1, 0.15) is 36.2 Å². The van der Waals surface area contributed by atoms with E-state index >= 15 is 0 Å². The van der Waals surface area contributed by atoms with Gasteiger partial charge in [-0.2, -0.15) is 0 Å². The van der Waals surface area contributed by atoms with Crippen LogP contribution in [0.25, 0.3) is 11.3 Å². The van der Waals surface area contributed by atoms with Gasteiger partial charge in [0.2, 0.25) is 5.91 Å². The zero-order valence-electron chi connectivity index (χ0n) is 16.4. The zero-order valence-corrected chi connectivity index (χ0v) is 17.2. The van der Waals surface area contributed by atoms with Crippen LogP contribution < -0.4 is 10.2 Å². The molecule has 0 saturated heterocycles. The van der Waals surface area contributed by atoms with Crippen molar-refractivity contribution in [2.75, 3.05) is 10.2 Å². The van der Waals surface area contributed by atoms with E-state index in [0.29, 0.717) is 17.2 Å². The number of aromatic nitrogens is 1. The molecular formula is C22H19F2N3O2S. The minimum Gasteiger partial charge on any atom is -0.309 e. The summed E-state index contributed by atoms with van der Waals surface area (Å²) in [7, 11) is 0. The topological polar surface area (TPSA) is 62.3 Å². The number of hydrogen-bond acceptors (Lipinski definition) is 4. The molecule has 2 amide bonds. The number of amides is 2. The molecule has 0 spiro atoms. The summed E-state index contributed by atoms with van der Waals surface area (Å²) in [4.78, 5) is 30.8. The van der Waals surface area contributed by atoms with Crippen molar-refractivity contribution >= 4 is 34.0 Å². The molecule has 0 saturated carbocycles. The lowest BCUT2D eigenvalue weighted by Crippen LogP contribution is -2.35. The van der Waals surface area contributed by atoms with E-state index < -0.39 is 17.5 Å². The highest BCUT2D eigenvalue weighted by Crippen LogP contribution is 2.36. The van der Waals surface area contributed by atoms with Crippen molar-refractivity contribution in [2.45, 2.75) is 32.7 Å². The highest BCUT2D eigenvalue weighted by atomic mass is 32.1. The predicted octanol–water partition coefficient (Wildman–Crippen LogP) is 5.03. The Hall–Kier alpha value is -3.13. The highest BCUT2D eigenvalue weighted by Gasteiger charge is 2.30. The van der Waals surface area contributed by atoms with Crippen LogP contribution in [-0.2, 0) is 11.2 Å². The minimum atomic E-state index is -1.08. The Bertz CT molecular complexity index is 1150. The number of anilines is 2. The first-order valence-corrected chi connectivity index (χ1v) is 10.4. The fraction of sp³-hybridized carbons (Fsp3) is 0.227. The number of nitrogens with one attached hydrogen (secondary N) is 1. The van der Waals surface area contributed by atoms with Gasteiger partial charge >= 0.3 is 0 Å². The first-order chi connectivity index (χ1) is 14.4. The third kappa shape index (κ3) is 3.70. The summed E-state index contributed by atoms with van der Waals surface area (Å²) in [5.41, 5.74) is 3.60. The van der Waals surface area contributed by atoms with Gasteiger partial charge in [-0.05, 0) is 49.2 Å². The Morgan fingerprint density at radius 2 is 2.00 bits per heavy atom. The van der Waals surface area contributed by atoms with E-state index in [1.54, 1.807) is 0 Å². The SMILES string of the molecule is CCC(=O)N1c2ccc(-c3csc(NC(=O)c4ccc(F)c(F)c4)n3)cc2C[C@@H]1C. The van der Waals surface area contributed by atoms with Crippen LogP contribution in [0.2, 0.25) is 0 Å². The molecule has 4 rings (SSSR count). The average Bonchev–Trinajstić information content (AvgIpc) is 3.32. The van der Waals surface area contributed by atoms with Gasteiger partial charge in [0.15, 0.2) is 16.8 Å². The second kappa shape index (κ2) is 7.95. The van der Waals surface area contributed by atoms with E-state index in [9.17, 15) is 18.4 Å². The molecule has 3 aromatic rings. The molecule has 30 heavy (non-hydrogen) atoms. The number of carbonyl (C=O) groups excluding carboxylic acids is 2. The van der Waals surface area contributed by atoms with Crippen molar-refractivity contribution in [1.29, 1.82) is 0 Å². The Morgan fingerprint density at radius 1 is 1.20 bits per heavy atom. The number of rotatable bonds is 4. The quantitative estimate of drug-likeness (QED) is 0.635. The minimum absolute atomic E-state index is 0.0119. The molecule has 1 atom stereocenters. The Balaban J connectivity index is 1.53. The predicted molar refractivity (Wildman–Crippen MR) is 113 cm³/mol. The number of benzene rings is 2. The van der Waals surface area contributed by atoms with Gasteiger partial charge in [0.05, 0.1) is 5.69 Å². The fourth-order valence-electron chi connectivity index (χ4n) is 3.61. The summed E-state index contributed by atoms with van der Waals surface area (Å²) in [5.74, 6) is -2.55. The summed E-state index contributed by atoms with van der Waals surface area (Å²) in [6.07, 6.45) is 1.23. The van der Waals surface area contributed by atoms with E-state index in [4.69, 9.17) is 0 Å². The van der Waals surface area contributed by atoms with Crippen LogP contribution in [0, 0.1) is 11.6 Å². The fourth-order valence-corrected chi connectivity index (χ4v) is 4.33. The lowest BCUT2D eigenvalue weighted by Gasteiger charge is -2.22. The number of thiazole rings is 1. The Kier molecular flexibility index (Phi) is 5.34. The van der Waals surface area contributed by atoms with Gasteiger partial charge in [0.25, 0.3) is 5.91 Å². The maximum Gasteiger partial charge on any atom is 0.257 e. The summed E-state index contributed by atoms with van der Waals surface area (Å²) < 4.78 is 26.4. The van der Waals surface area contributed by atoms with Crippen molar-refractivity contribution in [2.24, 2.45) is 0 Å². The van der Waals surface area contributed by atoms with Gasteiger partial charge in [0.1, 0.15) is 0 Å². The molecule has 0 aliphatic carbocycles. The van der Waals surface area contributed by atoms with Crippen LogP contribution in [0.5, 0.6) is 0 Å². The van der Waals surface area contributed by atoms with Crippen molar-refractivity contribution in [3.05, 3.63) is 64.5 Å². The van der Waals surface area contributed by atoms with Crippen LogP contribution in [-0.4, -0.2) is 22.8 Å². The van der Waals surface area contributed by atoms with Gasteiger partial charge < -0.3 is 4.90 Å². The first kappa shape index (κ1) is 20.2. The zero-order chi connectivity index (χ0) is 21.4. The van der Waals surface area contributed by atoms with Gasteiger partial charge in [-0.25, -0.2) is 13.8 Å². The summed E-state index contributed by atoms with van der Waals surface area (Å²) in [6, 6.07) is 8.95. The monoisotopic (exact) mass is 427 g/mol. The van der Waals surface area contributed by atoms with E-state index in [0.717, 1.165) is 35.4 Å². The molecule has 0 radical (unpaired) electrons. The Labute approximate surface area is 176 Å². The molecule has 1 aliphatic heterocycles. The smallest absolute Gasteiger partial charge is 0.257 e. The molecule has 5 nitrogen and oxygen atoms in total. The number of nitrogens with zero attached hydrogens (tertiary/aromatic N) is 2. The van der Waals surface area contributed by atoms with Crippen molar-refractivity contribution < 1.29 is 18.4 Å². The lowest BCUT2D eigenvalue weighted by atomic mass is 10.1. The van der Waals surface area contributed by atoms with Crippen molar-refractivity contribution in [3.8, 4) is 11.3 Å². The highest BCUT2D eigenvalue weighted by molar-refractivity contribution is 7.14. The standard InChI is InChI=1S/C22H19F2N3O2S/c1-3-20(28)27-12(2)8-15-9-13(5-7-19(15)27)18-11-30-22(25-18)26-21(29)14-4-6-16(23)17(24)10-14/h4-7,9-12H,3,8H2,1-2H3,(H,25,26,29)/t12-/m0/s1. The molecule has 8 heteroatoms. The Morgan fingerprint density at radius 3 is 2.73 bits per heavy atom. The van der Waals surface area contributed by atoms with E-state index in [2.05, 4.69) is 10.3 Å². The average molecular weight is 427 g/mol. The second-order valence-electron chi connectivity index (χ2n) is 7.13. The van der Waals surface area contributed by atoms with E-state index in [-0.39, 0.29) is 17.5 Å². The summed E-state index contributed by atoms with van der Waals surface area (Å²) in [6.45, 7) is 3.88. The van der Waals surface area contributed by atoms with Gasteiger partial charge in [-0.3, -0.25) is 14.9 Å². The second-order valence-corrected chi connectivity index (χ2v) is 7.99.